The second kappa shape index (κ2) is 3.62. The van der Waals surface area contributed by atoms with E-state index in [9.17, 15) is 22.4 Å². The number of hydrogen-bond acceptors (Lipinski definition) is 2. The van der Waals surface area contributed by atoms with Crippen molar-refractivity contribution in [1.29, 1.82) is 0 Å². The minimum Gasteiger partial charge on any atom is -0.481 e. The Bertz CT molecular complexity index is 253. The lowest BCUT2D eigenvalue weighted by Crippen LogP contribution is -2.38. The molecular formula is C8H11F4NO2. The molecule has 0 aliphatic carbocycles. The maximum Gasteiger partial charge on any atom is 0.323 e. The molecule has 0 aromatic rings. The highest BCUT2D eigenvalue weighted by atomic mass is 19.3. The van der Waals surface area contributed by atoms with E-state index in [1.807, 2.05) is 0 Å². The van der Waals surface area contributed by atoms with Crippen LogP contribution in [0.3, 0.4) is 0 Å². The molecule has 1 aliphatic heterocycles. The average molecular weight is 229 g/mol. The van der Waals surface area contributed by atoms with Gasteiger partial charge in [0.25, 0.3) is 0 Å². The molecular weight excluding hydrogens is 218 g/mol. The summed E-state index contributed by atoms with van der Waals surface area (Å²) >= 11 is 0. The number of hydrogen-bond donors (Lipinski definition) is 1. The lowest BCUT2D eigenvalue weighted by Gasteiger charge is -2.16. The summed E-state index contributed by atoms with van der Waals surface area (Å²) in [6, 6.07) is 0. The first-order valence-electron chi connectivity index (χ1n) is 4.36. The Morgan fingerprint density at radius 1 is 1.33 bits per heavy atom. The van der Waals surface area contributed by atoms with E-state index in [4.69, 9.17) is 5.11 Å². The quantitative estimate of drug-likeness (QED) is 0.741. The molecule has 1 rings (SSSR count). The number of alkyl halides is 4. The van der Waals surface area contributed by atoms with Crippen molar-refractivity contribution in [3.63, 3.8) is 0 Å². The molecule has 1 N–H and O–H groups in total. The summed E-state index contributed by atoms with van der Waals surface area (Å²) in [6.45, 7) is -1.17. The summed E-state index contributed by atoms with van der Waals surface area (Å²) in [6.07, 6.45) is 0. The third kappa shape index (κ3) is 2.39. The number of aliphatic carboxylic acids is 1. The smallest absolute Gasteiger partial charge is 0.323 e. The van der Waals surface area contributed by atoms with Crippen LogP contribution in [0.4, 0.5) is 17.6 Å². The van der Waals surface area contributed by atoms with Crippen LogP contribution < -0.4 is 0 Å². The first-order valence-corrected chi connectivity index (χ1v) is 4.36. The predicted octanol–water partition coefficient (Wildman–Crippen LogP) is 1.29. The average Bonchev–Trinajstić information content (AvgIpc) is 2.19. The van der Waals surface area contributed by atoms with Gasteiger partial charge in [0, 0.05) is 6.54 Å². The Balaban J connectivity index is 2.60. The normalized spacial score (nSPS) is 26.5. The standard InChI is InChI=1S/C8H11F4NO2/c1-5(6(14)15)2-13-3-7(9,10)8(11,12)4-13/h5H,2-4H2,1H3,(H,14,15). The van der Waals surface area contributed by atoms with Crippen LogP contribution in [0, 0.1) is 5.92 Å². The van der Waals surface area contributed by atoms with E-state index >= 15 is 0 Å². The Hall–Kier alpha value is -0.850. The molecule has 0 radical (unpaired) electrons. The second-order valence-corrected chi connectivity index (χ2v) is 3.82. The highest BCUT2D eigenvalue weighted by Gasteiger charge is 2.62. The monoisotopic (exact) mass is 229 g/mol. The second-order valence-electron chi connectivity index (χ2n) is 3.82. The van der Waals surface area contributed by atoms with E-state index in [-0.39, 0.29) is 6.54 Å². The number of rotatable bonds is 3. The van der Waals surface area contributed by atoms with Gasteiger partial charge in [0.2, 0.25) is 0 Å². The van der Waals surface area contributed by atoms with E-state index in [1.165, 1.54) is 6.92 Å². The third-order valence-corrected chi connectivity index (χ3v) is 2.33. The molecule has 0 amide bonds. The van der Waals surface area contributed by atoms with Gasteiger partial charge in [0.05, 0.1) is 19.0 Å². The summed E-state index contributed by atoms with van der Waals surface area (Å²) in [5.74, 6) is -10.3. The number of carbonyl (C=O) groups is 1. The van der Waals surface area contributed by atoms with Crippen LogP contribution in [0.2, 0.25) is 0 Å². The molecule has 1 unspecified atom stereocenters. The molecule has 7 heteroatoms. The summed E-state index contributed by atoms with van der Waals surface area (Å²) in [7, 11) is 0. The summed E-state index contributed by atoms with van der Waals surface area (Å²) in [5, 5.41) is 8.50. The van der Waals surface area contributed by atoms with Crippen LogP contribution in [-0.2, 0) is 4.79 Å². The number of halogens is 4. The molecule has 0 aromatic carbocycles. The van der Waals surface area contributed by atoms with Crippen molar-refractivity contribution in [2.24, 2.45) is 5.92 Å². The molecule has 0 bridgehead atoms. The predicted molar refractivity (Wildman–Crippen MR) is 43.1 cm³/mol. The van der Waals surface area contributed by atoms with Gasteiger partial charge in [-0.2, -0.15) is 17.6 Å². The Labute approximate surface area is 83.7 Å². The third-order valence-electron chi connectivity index (χ3n) is 2.33. The number of nitrogens with zero attached hydrogens (tertiary/aromatic N) is 1. The van der Waals surface area contributed by atoms with Gasteiger partial charge in [-0.25, -0.2) is 0 Å². The fourth-order valence-corrected chi connectivity index (χ4v) is 1.44. The van der Waals surface area contributed by atoms with Gasteiger partial charge >= 0.3 is 17.8 Å². The highest BCUT2D eigenvalue weighted by molar-refractivity contribution is 5.69. The molecule has 0 spiro atoms. The Kier molecular flexibility index (Phi) is 2.95. The first-order chi connectivity index (χ1) is 6.66. The molecule has 15 heavy (non-hydrogen) atoms. The molecule has 1 aliphatic rings. The zero-order chi connectivity index (χ0) is 11.9. The maximum absolute atomic E-state index is 12.7. The van der Waals surface area contributed by atoms with E-state index in [0.29, 0.717) is 0 Å². The molecule has 0 saturated carbocycles. The molecule has 88 valence electrons. The summed E-state index contributed by atoms with van der Waals surface area (Å²) < 4.78 is 50.7. The molecule has 1 fully saturated rings. The van der Waals surface area contributed by atoms with Crippen LogP contribution in [-0.4, -0.2) is 47.5 Å². The zero-order valence-corrected chi connectivity index (χ0v) is 8.01. The van der Waals surface area contributed by atoms with Crippen molar-refractivity contribution in [2.45, 2.75) is 18.8 Å². The largest absolute Gasteiger partial charge is 0.481 e. The molecule has 1 heterocycles. The Morgan fingerprint density at radius 2 is 1.73 bits per heavy atom. The van der Waals surface area contributed by atoms with Crippen molar-refractivity contribution < 1.29 is 27.5 Å². The summed E-state index contributed by atoms with van der Waals surface area (Å²) in [4.78, 5) is 11.2. The van der Waals surface area contributed by atoms with Gasteiger partial charge in [-0.1, -0.05) is 6.92 Å². The van der Waals surface area contributed by atoms with Crippen LogP contribution in [0.25, 0.3) is 0 Å². The van der Waals surface area contributed by atoms with Gasteiger partial charge in [0.1, 0.15) is 0 Å². The molecule has 1 atom stereocenters. The number of likely N-dealkylation sites (tertiary alicyclic amines) is 1. The molecule has 0 aromatic heterocycles. The van der Waals surface area contributed by atoms with Crippen molar-refractivity contribution in [2.75, 3.05) is 19.6 Å². The lowest BCUT2D eigenvalue weighted by atomic mass is 10.2. The van der Waals surface area contributed by atoms with Crippen LogP contribution >= 0.6 is 0 Å². The molecule has 3 nitrogen and oxygen atoms in total. The van der Waals surface area contributed by atoms with Crippen LogP contribution in [0.5, 0.6) is 0 Å². The van der Waals surface area contributed by atoms with Crippen LogP contribution in [0.1, 0.15) is 6.92 Å². The van der Waals surface area contributed by atoms with Crippen molar-refractivity contribution in [3.05, 3.63) is 0 Å². The van der Waals surface area contributed by atoms with Crippen LogP contribution in [0.15, 0.2) is 0 Å². The highest BCUT2D eigenvalue weighted by Crippen LogP contribution is 2.40. The lowest BCUT2D eigenvalue weighted by molar-refractivity contribution is -0.172. The first kappa shape index (κ1) is 12.2. The van der Waals surface area contributed by atoms with E-state index in [2.05, 4.69) is 0 Å². The van der Waals surface area contributed by atoms with Crippen molar-refractivity contribution >= 4 is 5.97 Å². The minimum absolute atomic E-state index is 0.291. The summed E-state index contributed by atoms with van der Waals surface area (Å²) in [5.41, 5.74) is 0. The van der Waals surface area contributed by atoms with E-state index in [1.54, 1.807) is 0 Å². The van der Waals surface area contributed by atoms with Crippen molar-refractivity contribution in [1.82, 2.24) is 4.90 Å². The zero-order valence-electron chi connectivity index (χ0n) is 8.01. The minimum atomic E-state index is -4.06. The maximum atomic E-state index is 12.7. The SMILES string of the molecule is CC(CN1CC(F)(F)C(F)(F)C1)C(=O)O. The molecule has 1 saturated heterocycles. The fraction of sp³-hybridized carbons (Fsp3) is 0.875. The van der Waals surface area contributed by atoms with E-state index < -0.39 is 36.8 Å². The number of carboxylic acids is 1. The van der Waals surface area contributed by atoms with E-state index in [0.717, 1.165) is 4.90 Å². The van der Waals surface area contributed by atoms with Gasteiger partial charge in [-0.3, -0.25) is 9.69 Å². The van der Waals surface area contributed by atoms with Crippen molar-refractivity contribution in [3.8, 4) is 0 Å². The fourth-order valence-electron chi connectivity index (χ4n) is 1.44. The topological polar surface area (TPSA) is 40.5 Å². The van der Waals surface area contributed by atoms with Gasteiger partial charge in [0.15, 0.2) is 0 Å². The number of carboxylic acid groups (broad SMARTS) is 1. The van der Waals surface area contributed by atoms with Gasteiger partial charge in [-0.15, -0.1) is 0 Å². The Morgan fingerprint density at radius 3 is 2.07 bits per heavy atom. The van der Waals surface area contributed by atoms with Gasteiger partial charge in [-0.05, 0) is 0 Å². The van der Waals surface area contributed by atoms with Gasteiger partial charge < -0.3 is 5.11 Å².